The highest BCUT2D eigenvalue weighted by Crippen LogP contribution is 2.50. The van der Waals surface area contributed by atoms with Crippen LogP contribution in [0.2, 0.25) is 5.02 Å². The van der Waals surface area contributed by atoms with Crippen molar-refractivity contribution in [3.63, 3.8) is 0 Å². The fourth-order valence-corrected chi connectivity index (χ4v) is 3.70. The lowest BCUT2D eigenvalue weighted by Crippen LogP contribution is -1.89. The second kappa shape index (κ2) is 5.07. The van der Waals surface area contributed by atoms with Crippen molar-refractivity contribution in [2.75, 3.05) is 14.2 Å². The molecule has 1 aliphatic rings. The van der Waals surface area contributed by atoms with Gasteiger partial charge in [-0.25, -0.2) is 0 Å². The zero-order valence-electron chi connectivity index (χ0n) is 12.8. The van der Waals surface area contributed by atoms with Crippen LogP contribution in [-0.2, 0) is 6.42 Å². The molecule has 23 heavy (non-hydrogen) atoms. The summed E-state index contributed by atoms with van der Waals surface area (Å²) in [6.45, 7) is 0. The minimum absolute atomic E-state index is 0.272. The summed E-state index contributed by atoms with van der Waals surface area (Å²) < 4.78 is 10.6. The lowest BCUT2D eigenvalue weighted by molar-refractivity contribution is 0.414. The Morgan fingerprint density at radius 2 is 1.65 bits per heavy atom. The van der Waals surface area contributed by atoms with Crippen molar-refractivity contribution in [2.45, 2.75) is 6.42 Å². The molecule has 0 atom stereocenters. The minimum Gasteiger partial charge on any atom is -0.507 e. The Hall–Kier alpha value is -2.39. The SMILES string of the molecule is COc1ccc2c(c1)Cc1c-2c(Cl)c2ccc(OC)cc2c1O. The highest BCUT2D eigenvalue weighted by atomic mass is 35.5. The van der Waals surface area contributed by atoms with E-state index in [2.05, 4.69) is 0 Å². The van der Waals surface area contributed by atoms with Crippen LogP contribution in [0.1, 0.15) is 11.1 Å². The number of ether oxygens (including phenoxy) is 2. The maximum absolute atomic E-state index is 10.8. The van der Waals surface area contributed by atoms with Gasteiger partial charge in [0.25, 0.3) is 0 Å². The average molecular weight is 327 g/mol. The number of rotatable bonds is 2. The van der Waals surface area contributed by atoms with E-state index in [4.69, 9.17) is 21.1 Å². The molecule has 0 unspecified atom stereocenters. The fraction of sp³-hybridized carbons (Fsp3) is 0.158. The molecule has 0 amide bonds. The number of halogens is 1. The molecule has 0 bridgehead atoms. The monoisotopic (exact) mass is 326 g/mol. The lowest BCUT2D eigenvalue weighted by Gasteiger charge is -2.12. The van der Waals surface area contributed by atoms with Crippen molar-refractivity contribution >= 4 is 22.4 Å². The van der Waals surface area contributed by atoms with Crippen molar-refractivity contribution in [2.24, 2.45) is 0 Å². The molecule has 3 aromatic carbocycles. The Balaban J connectivity index is 2.03. The van der Waals surface area contributed by atoms with Crippen LogP contribution in [0.25, 0.3) is 21.9 Å². The molecular formula is C19H15ClO3. The van der Waals surface area contributed by atoms with E-state index in [1.54, 1.807) is 14.2 Å². The van der Waals surface area contributed by atoms with Crippen molar-refractivity contribution in [3.05, 3.63) is 52.5 Å². The summed E-state index contributed by atoms with van der Waals surface area (Å²) in [5.74, 6) is 1.77. The van der Waals surface area contributed by atoms with Crippen LogP contribution in [0.3, 0.4) is 0 Å². The third-order valence-corrected chi connectivity index (χ3v) is 4.87. The van der Waals surface area contributed by atoms with E-state index in [1.807, 2.05) is 36.4 Å². The van der Waals surface area contributed by atoms with Gasteiger partial charge in [0.1, 0.15) is 17.2 Å². The molecule has 0 spiro atoms. The van der Waals surface area contributed by atoms with Gasteiger partial charge < -0.3 is 14.6 Å². The normalized spacial score (nSPS) is 12.1. The Morgan fingerprint density at radius 3 is 2.39 bits per heavy atom. The van der Waals surface area contributed by atoms with E-state index in [0.29, 0.717) is 22.6 Å². The third-order valence-electron chi connectivity index (χ3n) is 4.47. The smallest absolute Gasteiger partial charge is 0.127 e. The van der Waals surface area contributed by atoms with Crippen molar-refractivity contribution < 1.29 is 14.6 Å². The molecule has 4 heteroatoms. The molecule has 3 aromatic rings. The summed E-state index contributed by atoms with van der Waals surface area (Å²) >= 11 is 6.67. The largest absolute Gasteiger partial charge is 0.507 e. The summed E-state index contributed by atoms with van der Waals surface area (Å²) in [4.78, 5) is 0. The number of benzene rings is 3. The molecule has 0 fully saturated rings. The predicted molar refractivity (Wildman–Crippen MR) is 92.0 cm³/mol. The van der Waals surface area contributed by atoms with Gasteiger partial charge in [0.2, 0.25) is 0 Å². The van der Waals surface area contributed by atoms with Crippen LogP contribution < -0.4 is 9.47 Å². The molecular weight excluding hydrogens is 312 g/mol. The number of aromatic hydroxyl groups is 1. The molecule has 1 aliphatic carbocycles. The quantitative estimate of drug-likeness (QED) is 0.575. The number of methoxy groups -OCH3 is 2. The number of hydrogen-bond donors (Lipinski definition) is 1. The van der Waals surface area contributed by atoms with E-state index in [1.165, 1.54) is 0 Å². The van der Waals surface area contributed by atoms with E-state index < -0.39 is 0 Å². The first kappa shape index (κ1) is 14.2. The highest BCUT2D eigenvalue weighted by molar-refractivity contribution is 6.39. The van der Waals surface area contributed by atoms with Crippen molar-refractivity contribution in [1.82, 2.24) is 0 Å². The van der Waals surface area contributed by atoms with E-state index in [0.717, 1.165) is 33.4 Å². The maximum atomic E-state index is 10.8. The molecule has 0 heterocycles. The molecule has 0 aliphatic heterocycles. The van der Waals surface area contributed by atoms with Crippen molar-refractivity contribution in [3.8, 4) is 28.4 Å². The fourth-order valence-electron chi connectivity index (χ4n) is 3.32. The molecule has 3 nitrogen and oxygen atoms in total. The summed E-state index contributed by atoms with van der Waals surface area (Å²) in [7, 11) is 3.25. The molecule has 0 saturated heterocycles. The van der Waals surface area contributed by atoms with Gasteiger partial charge in [-0.15, -0.1) is 0 Å². The zero-order valence-corrected chi connectivity index (χ0v) is 13.6. The van der Waals surface area contributed by atoms with E-state index in [9.17, 15) is 5.11 Å². The summed E-state index contributed by atoms with van der Waals surface area (Å²) in [5, 5.41) is 13.0. The lowest BCUT2D eigenvalue weighted by atomic mass is 9.98. The first-order valence-electron chi connectivity index (χ1n) is 7.32. The second-order valence-electron chi connectivity index (χ2n) is 5.63. The van der Waals surface area contributed by atoms with Crippen LogP contribution in [0.15, 0.2) is 36.4 Å². The van der Waals surface area contributed by atoms with Gasteiger partial charge in [0, 0.05) is 28.3 Å². The van der Waals surface area contributed by atoms with Gasteiger partial charge in [0.05, 0.1) is 19.2 Å². The summed E-state index contributed by atoms with van der Waals surface area (Å²) in [6.07, 6.45) is 0.639. The Bertz CT molecular complexity index is 947. The standard InChI is InChI=1S/C19H15ClO3/c1-22-11-3-5-13-10(7-11)8-16-17(13)18(20)14-6-4-12(23-2)9-15(14)19(16)21/h3-7,9,21H,8H2,1-2H3. The van der Waals surface area contributed by atoms with Crippen LogP contribution in [0.4, 0.5) is 0 Å². The van der Waals surface area contributed by atoms with Gasteiger partial charge in [0.15, 0.2) is 0 Å². The molecule has 4 rings (SSSR count). The first-order chi connectivity index (χ1) is 11.1. The Kier molecular flexibility index (Phi) is 3.13. The van der Waals surface area contributed by atoms with E-state index >= 15 is 0 Å². The highest BCUT2D eigenvalue weighted by Gasteiger charge is 2.27. The number of phenolic OH excluding ortho intramolecular Hbond substituents is 1. The minimum atomic E-state index is 0.272. The number of fused-ring (bicyclic) bond motifs is 4. The average Bonchev–Trinajstić information content (AvgIpc) is 2.98. The van der Waals surface area contributed by atoms with Gasteiger partial charge in [-0.2, -0.15) is 0 Å². The number of phenols is 1. The van der Waals surface area contributed by atoms with Crippen LogP contribution in [0, 0.1) is 0 Å². The molecule has 116 valence electrons. The molecule has 0 saturated carbocycles. The van der Waals surface area contributed by atoms with Crippen LogP contribution in [-0.4, -0.2) is 19.3 Å². The zero-order chi connectivity index (χ0) is 16.1. The topological polar surface area (TPSA) is 38.7 Å². The summed E-state index contributed by atoms with van der Waals surface area (Å²) in [6, 6.07) is 11.5. The molecule has 1 N–H and O–H groups in total. The Morgan fingerprint density at radius 1 is 0.957 bits per heavy atom. The maximum Gasteiger partial charge on any atom is 0.127 e. The van der Waals surface area contributed by atoms with Crippen LogP contribution in [0.5, 0.6) is 17.2 Å². The number of hydrogen-bond acceptors (Lipinski definition) is 3. The van der Waals surface area contributed by atoms with Crippen molar-refractivity contribution in [1.29, 1.82) is 0 Å². The summed E-state index contributed by atoms with van der Waals surface area (Å²) in [5.41, 5.74) is 3.94. The first-order valence-corrected chi connectivity index (χ1v) is 7.70. The third kappa shape index (κ3) is 1.97. The molecule has 0 radical (unpaired) electrons. The van der Waals surface area contributed by atoms with Crippen LogP contribution >= 0.6 is 11.6 Å². The van der Waals surface area contributed by atoms with Gasteiger partial charge in [-0.05, 0) is 41.5 Å². The van der Waals surface area contributed by atoms with Gasteiger partial charge >= 0.3 is 0 Å². The van der Waals surface area contributed by atoms with Gasteiger partial charge in [-0.3, -0.25) is 0 Å². The Labute approximate surface area is 139 Å². The predicted octanol–water partition coefficient (Wildman–Crippen LogP) is 4.79. The second-order valence-corrected chi connectivity index (χ2v) is 6.01. The van der Waals surface area contributed by atoms with Gasteiger partial charge in [-0.1, -0.05) is 17.7 Å². The van der Waals surface area contributed by atoms with E-state index in [-0.39, 0.29) is 5.75 Å². The molecule has 0 aromatic heterocycles.